The number of nitrogens with zero attached hydrogens (tertiary/aromatic N) is 2. The molecule has 0 spiro atoms. The van der Waals surface area contributed by atoms with E-state index in [1.165, 1.54) is 0 Å². The van der Waals surface area contributed by atoms with Gasteiger partial charge in [0.15, 0.2) is 15.6 Å². The standard InChI is InChI=1S/C19H25N3O5S/c1-11-8-15(12(2)22(11)14-6-7-28(26,27)10-14)16(23)9-21-17(24)19(3,13-4-5-13)20-18(21)25/h8,13-14H,4-7,9-10H2,1-3H3,(H,20,25)/t14-,19+/m0/s1. The van der Waals surface area contributed by atoms with E-state index in [9.17, 15) is 22.8 Å². The number of nitrogens with one attached hydrogen (secondary N) is 1. The van der Waals surface area contributed by atoms with E-state index in [-0.39, 0.29) is 41.7 Å². The predicted octanol–water partition coefficient (Wildman–Crippen LogP) is 1.37. The summed E-state index contributed by atoms with van der Waals surface area (Å²) in [4.78, 5) is 39.0. The van der Waals surface area contributed by atoms with Gasteiger partial charge in [-0.3, -0.25) is 14.5 Å². The summed E-state index contributed by atoms with van der Waals surface area (Å²) in [6, 6.07) is 1.02. The molecule has 4 rings (SSSR count). The number of aromatic nitrogens is 1. The van der Waals surface area contributed by atoms with Crippen LogP contribution in [0.1, 0.15) is 54.0 Å². The van der Waals surface area contributed by atoms with Crippen LogP contribution in [0.2, 0.25) is 0 Å². The summed E-state index contributed by atoms with van der Waals surface area (Å²) < 4.78 is 25.6. The highest BCUT2D eigenvalue weighted by molar-refractivity contribution is 7.91. The molecule has 2 saturated heterocycles. The monoisotopic (exact) mass is 407 g/mol. The Labute approximate surface area is 164 Å². The maximum atomic E-state index is 12.9. The van der Waals surface area contributed by atoms with E-state index in [1.54, 1.807) is 19.9 Å². The van der Waals surface area contributed by atoms with Gasteiger partial charge in [0.2, 0.25) is 0 Å². The molecule has 1 aliphatic carbocycles. The molecule has 3 amide bonds. The molecule has 8 nitrogen and oxygen atoms in total. The maximum Gasteiger partial charge on any atom is 0.325 e. The smallest absolute Gasteiger partial charge is 0.325 e. The first-order chi connectivity index (χ1) is 13.0. The van der Waals surface area contributed by atoms with Crippen molar-refractivity contribution in [2.75, 3.05) is 18.1 Å². The van der Waals surface area contributed by atoms with Crippen LogP contribution in [0.5, 0.6) is 0 Å². The number of aryl methyl sites for hydroxylation is 1. The van der Waals surface area contributed by atoms with Gasteiger partial charge >= 0.3 is 6.03 Å². The van der Waals surface area contributed by atoms with Crippen LogP contribution in [0.3, 0.4) is 0 Å². The van der Waals surface area contributed by atoms with E-state index in [4.69, 9.17) is 0 Å². The first-order valence-electron chi connectivity index (χ1n) is 9.59. The molecule has 0 aromatic carbocycles. The summed E-state index contributed by atoms with van der Waals surface area (Å²) in [5, 5.41) is 2.75. The largest absolute Gasteiger partial charge is 0.344 e. The number of urea groups is 1. The van der Waals surface area contributed by atoms with Crippen molar-refractivity contribution in [2.24, 2.45) is 5.92 Å². The second-order valence-electron chi connectivity index (χ2n) is 8.43. The highest BCUT2D eigenvalue weighted by Gasteiger charge is 2.56. The molecule has 2 aliphatic heterocycles. The van der Waals surface area contributed by atoms with Crippen LogP contribution in [-0.2, 0) is 14.6 Å². The fourth-order valence-corrected chi connectivity index (χ4v) is 6.33. The number of hydrogen-bond donors (Lipinski definition) is 1. The van der Waals surface area contributed by atoms with Crippen LogP contribution in [0.25, 0.3) is 0 Å². The number of hydrogen-bond acceptors (Lipinski definition) is 5. The lowest BCUT2D eigenvalue weighted by Crippen LogP contribution is -2.46. The Morgan fingerprint density at radius 3 is 2.50 bits per heavy atom. The fraction of sp³-hybridized carbons (Fsp3) is 0.632. The second-order valence-corrected chi connectivity index (χ2v) is 10.7. The summed E-state index contributed by atoms with van der Waals surface area (Å²) in [5.74, 6) is -0.296. The quantitative estimate of drug-likeness (QED) is 0.586. The lowest BCUT2D eigenvalue weighted by molar-refractivity contribution is -0.131. The molecular formula is C19H25N3O5S. The van der Waals surface area contributed by atoms with E-state index in [0.717, 1.165) is 23.4 Å². The van der Waals surface area contributed by atoms with Crippen LogP contribution < -0.4 is 5.32 Å². The molecule has 3 aliphatic rings. The summed E-state index contributed by atoms with van der Waals surface area (Å²) in [6.07, 6.45) is 2.32. The molecule has 1 N–H and O–H groups in total. The molecule has 1 saturated carbocycles. The van der Waals surface area contributed by atoms with Crippen LogP contribution in [0.4, 0.5) is 4.79 Å². The van der Waals surface area contributed by atoms with Gasteiger partial charge in [0.25, 0.3) is 5.91 Å². The third-order valence-corrected chi connectivity index (χ3v) is 8.11. The maximum absolute atomic E-state index is 12.9. The Morgan fingerprint density at radius 1 is 1.25 bits per heavy atom. The third kappa shape index (κ3) is 2.96. The summed E-state index contributed by atoms with van der Waals surface area (Å²) in [6.45, 7) is 5.04. The molecule has 9 heteroatoms. The zero-order valence-electron chi connectivity index (χ0n) is 16.3. The number of carbonyl (C=O) groups is 3. The highest BCUT2D eigenvalue weighted by Crippen LogP contribution is 2.42. The predicted molar refractivity (Wildman–Crippen MR) is 102 cm³/mol. The van der Waals surface area contributed by atoms with Gasteiger partial charge in [-0.25, -0.2) is 13.2 Å². The SMILES string of the molecule is Cc1cc(C(=O)CN2C(=O)N[C@](C)(C3CC3)C2=O)c(C)n1[C@H]1CCS(=O)(=O)C1. The number of ketones is 1. The van der Waals surface area contributed by atoms with Gasteiger partial charge < -0.3 is 9.88 Å². The average molecular weight is 407 g/mol. The van der Waals surface area contributed by atoms with Gasteiger partial charge in [-0.2, -0.15) is 0 Å². The zero-order chi connectivity index (χ0) is 20.4. The van der Waals surface area contributed by atoms with Crippen molar-refractivity contribution in [3.8, 4) is 0 Å². The van der Waals surface area contributed by atoms with Crippen LogP contribution in [-0.4, -0.2) is 59.2 Å². The molecule has 0 bridgehead atoms. The normalized spacial score (nSPS) is 29.4. The molecule has 1 aromatic heterocycles. The van der Waals surface area contributed by atoms with Gasteiger partial charge in [-0.1, -0.05) is 0 Å². The summed E-state index contributed by atoms with van der Waals surface area (Å²) in [5.41, 5.74) is 1.01. The van der Waals surface area contributed by atoms with E-state index in [0.29, 0.717) is 17.7 Å². The van der Waals surface area contributed by atoms with Crippen molar-refractivity contribution in [1.82, 2.24) is 14.8 Å². The zero-order valence-corrected chi connectivity index (χ0v) is 17.1. The lowest BCUT2D eigenvalue weighted by atomic mass is 9.96. The minimum atomic E-state index is -3.05. The molecule has 0 unspecified atom stereocenters. The van der Waals surface area contributed by atoms with Gasteiger partial charge in [0.1, 0.15) is 5.54 Å². The van der Waals surface area contributed by atoms with Crippen molar-refractivity contribution < 1.29 is 22.8 Å². The van der Waals surface area contributed by atoms with Crippen LogP contribution in [0, 0.1) is 19.8 Å². The first-order valence-corrected chi connectivity index (χ1v) is 11.4. The van der Waals surface area contributed by atoms with Crippen molar-refractivity contribution >= 4 is 27.6 Å². The molecule has 1 aromatic rings. The Kier molecular flexibility index (Phi) is 4.22. The first kappa shape index (κ1) is 19.2. The van der Waals surface area contributed by atoms with Crippen molar-refractivity contribution in [3.05, 3.63) is 23.0 Å². The van der Waals surface area contributed by atoms with Gasteiger partial charge in [0, 0.05) is 23.0 Å². The number of carbonyl (C=O) groups excluding carboxylic acids is 3. The number of imide groups is 1. The van der Waals surface area contributed by atoms with Crippen LogP contribution >= 0.6 is 0 Å². The Balaban J connectivity index is 1.55. The highest BCUT2D eigenvalue weighted by atomic mass is 32.2. The molecule has 2 atom stereocenters. The molecule has 28 heavy (non-hydrogen) atoms. The molecular weight excluding hydrogens is 382 g/mol. The number of rotatable bonds is 5. The summed E-state index contributed by atoms with van der Waals surface area (Å²) in [7, 11) is -3.05. The van der Waals surface area contributed by atoms with E-state index >= 15 is 0 Å². The molecule has 152 valence electrons. The van der Waals surface area contributed by atoms with E-state index in [1.807, 2.05) is 11.5 Å². The van der Waals surface area contributed by atoms with E-state index < -0.39 is 21.4 Å². The van der Waals surface area contributed by atoms with Gasteiger partial charge in [-0.15, -0.1) is 0 Å². The van der Waals surface area contributed by atoms with Crippen LogP contribution in [0.15, 0.2) is 6.07 Å². The number of sulfone groups is 1. The number of amides is 3. The van der Waals surface area contributed by atoms with Crippen molar-refractivity contribution in [2.45, 2.75) is 51.6 Å². The van der Waals surface area contributed by atoms with Gasteiger partial charge in [-0.05, 0) is 52.0 Å². The van der Waals surface area contributed by atoms with E-state index in [2.05, 4.69) is 5.32 Å². The Morgan fingerprint density at radius 2 is 1.93 bits per heavy atom. The Bertz CT molecular complexity index is 991. The minimum absolute atomic E-state index is 0.0732. The fourth-order valence-electron chi connectivity index (χ4n) is 4.63. The molecule has 0 radical (unpaired) electrons. The molecule has 3 fully saturated rings. The Hall–Kier alpha value is -2.16. The lowest BCUT2D eigenvalue weighted by Gasteiger charge is -2.20. The average Bonchev–Trinajstić information content (AvgIpc) is 3.30. The minimum Gasteiger partial charge on any atom is -0.344 e. The second kappa shape index (κ2) is 6.17. The van der Waals surface area contributed by atoms with Crippen molar-refractivity contribution in [1.29, 1.82) is 0 Å². The number of Topliss-reactive ketones (excluding diaryl/α,β-unsaturated/α-hetero) is 1. The van der Waals surface area contributed by atoms with Crippen molar-refractivity contribution in [3.63, 3.8) is 0 Å². The third-order valence-electron chi connectivity index (χ3n) is 6.36. The summed E-state index contributed by atoms with van der Waals surface area (Å²) >= 11 is 0. The van der Waals surface area contributed by atoms with Gasteiger partial charge in [0.05, 0.1) is 18.1 Å². The molecule has 3 heterocycles. The topological polar surface area (TPSA) is 106 Å².